The molecule has 2 N–H and O–H groups in total. The lowest BCUT2D eigenvalue weighted by molar-refractivity contribution is -0.144. The Morgan fingerprint density at radius 2 is 2.10 bits per heavy atom. The van der Waals surface area contributed by atoms with Gasteiger partial charge in [-0.05, 0) is 0 Å². The fraction of sp³-hybridized carbons (Fsp3) is 0.444. The second-order valence-corrected chi connectivity index (χ2v) is 3.92. The summed E-state index contributed by atoms with van der Waals surface area (Å²) in [6.07, 6.45) is -4.47. The molecular formula is C9H9F3N6O2. The molecule has 2 heterocycles. The zero-order chi connectivity index (χ0) is 14.9. The van der Waals surface area contributed by atoms with E-state index in [1.54, 1.807) is 5.10 Å². The summed E-state index contributed by atoms with van der Waals surface area (Å²) < 4.78 is 36.8. The Hall–Kier alpha value is -2.46. The second kappa shape index (κ2) is 4.90. The number of hydrazone groups is 1. The van der Waals surface area contributed by atoms with E-state index in [9.17, 15) is 22.8 Å². The number of rotatable bonds is 2. The van der Waals surface area contributed by atoms with E-state index < -0.39 is 23.9 Å². The minimum atomic E-state index is -4.68. The number of hydrogen-bond acceptors (Lipinski definition) is 5. The Morgan fingerprint density at radius 1 is 1.40 bits per heavy atom. The second-order valence-electron chi connectivity index (χ2n) is 3.92. The van der Waals surface area contributed by atoms with Crippen LogP contribution in [0.2, 0.25) is 0 Å². The van der Waals surface area contributed by atoms with Crippen molar-refractivity contribution in [3.8, 4) is 0 Å². The molecule has 108 valence electrons. The smallest absolute Gasteiger partial charge is 0.288 e. The molecule has 0 saturated carbocycles. The molecule has 0 unspecified atom stereocenters. The molecule has 1 aromatic rings. The SMILES string of the molecule is CN1N=C(C(=O)Nc2n[nH]c(C(F)(F)F)n2)CCC1=O. The van der Waals surface area contributed by atoms with Crippen molar-refractivity contribution in [3.05, 3.63) is 5.82 Å². The van der Waals surface area contributed by atoms with Gasteiger partial charge in [0.05, 0.1) is 0 Å². The number of aromatic amines is 1. The Morgan fingerprint density at radius 3 is 2.65 bits per heavy atom. The summed E-state index contributed by atoms with van der Waals surface area (Å²) in [7, 11) is 1.38. The number of carbonyl (C=O) groups excluding carboxylic acids is 2. The van der Waals surface area contributed by atoms with Crippen LogP contribution in [0.4, 0.5) is 19.1 Å². The summed E-state index contributed by atoms with van der Waals surface area (Å²) in [5.41, 5.74) is 0.0189. The maximum Gasteiger partial charge on any atom is 0.451 e. The van der Waals surface area contributed by atoms with Gasteiger partial charge in [-0.3, -0.25) is 20.0 Å². The molecule has 1 aliphatic rings. The maximum atomic E-state index is 12.3. The molecule has 2 amide bonds. The van der Waals surface area contributed by atoms with Gasteiger partial charge in [0.2, 0.25) is 17.7 Å². The molecule has 0 saturated heterocycles. The molecule has 20 heavy (non-hydrogen) atoms. The van der Waals surface area contributed by atoms with Crippen molar-refractivity contribution in [2.75, 3.05) is 12.4 Å². The van der Waals surface area contributed by atoms with Crippen molar-refractivity contribution in [2.45, 2.75) is 19.0 Å². The Labute approximate surface area is 110 Å². The molecule has 0 bridgehead atoms. The van der Waals surface area contributed by atoms with Gasteiger partial charge in [-0.1, -0.05) is 0 Å². The van der Waals surface area contributed by atoms with E-state index in [1.807, 2.05) is 0 Å². The molecule has 0 aliphatic carbocycles. The highest BCUT2D eigenvalue weighted by Gasteiger charge is 2.35. The zero-order valence-corrected chi connectivity index (χ0v) is 10.2. The fourth-order valence-electron chi connectivity index (χ4n) is 1.45. The highest BCUT2D eigenvalue weighted by molar-refractivity contribution is 6.43. The van der Waals surface area contributed by atoms with E-state index in [1.165, 1.54) is 7.05 Å². The van der Waals surface area contributed by atoms with Crippen molar-refractivity contribution in [2.24, 2.45) is 5.10 Å². The highest BCUT2D eigenvalue weighted by atomic mass is 19.4. The van der Waals surface area contributed by atoms with Gasteiger partial charge in [-0.15, -0.1) is 5.10 Å². The number of nitrogens with zero attached hydrogens (tertiary/aromatic N) is 4. The number of anilines is 1. The Kier molecular flexibility index (Phi) is 3.42. The lowest BCUT2D eigenvalue weighted by Gasteiger charge is -2.18. The third-order valence-corrected chi connectivity index (χ3v) is 2.45. The molecule has 11 heteroatoms. The minimum absolute atomic E-state index is 0.0189. The van der Waals surface area contributed by atoms with Crippen molar-refractivity contribution in [1.82, 2.24) is 20.2 Å². The molecule has 8 nitrogen and oxygen atoms in total. The lowest BCUT2D eigenvalue weighted by Crippen LogP contribution is -2.34. The van der Waals surface area contributed by atoms with E-state index >= 15 is 0 Å². The highest BCUT2D eigenvalue weighted by Crippen LogP contribution is 2.26. The number of alkyl halides is 3. The summed E-state index contributed by atoms with van der Waals surface area (Å²) in [5, 5.41) is 11.7. The maximum absolute atomic E-state index is 12.3. The largest absolute Gasteiger partial charge is 0.451 e. The molecule has 0 aromatic carbocycles. The van der Waals surface area contributed by atoms with Crippen LogP contribution in [0.1, 0.15) is 18.7 Å². The third kappa shape index (κ3) is 2.92. The summed E-state index contributed by atoms with van der Waals surface area (Å²) in [6, 6.07) is 0. The molecule has 0 spiro atoms. The number of carbonyl (C=O) groups is 2. The predicted octanol–water partition coefficient (Wildman–Crippen LogP) is 0.370. The molecule has 0 atom stereocenters. The lowest BCUT2D eigenvalue weighted by atomic mass is 10.1. The first-order valence-corrected chi connectivity index (χ1v) is 5.42. The predicted molar refractivity (Wildman–Crippen MR) is 59.5 cm³/mol. The van der Waals surface area contributed by atoms with Gasteiger partial charge in [-0.2, -0.15) is 23.3 Å². The average Bonchev–Trinajstić information content (AvgIpc) is 2.81. The van der Waals surface area contributed by atoms with E-state index in [4.69, 9.17) is 0 Å². The van der Waals surface area contributed by atoms with Gasteiger partial charge in [-0.25, -0.2) is 5.01 Å². The number of nitrogens with one attached hydrogen (secondary N) is 2. The summed E-state index contributed by atoms with van der Waals surface area (Å²) in [6.45, 7) is 0. The Bertz CT molecular complexity index is 578. The molecule has 1 aliphatic heterocycles. The van der Waals surface area contributed by atoms with Crippen LogP contribution in [0.15, 0.2) is 5.10 Å². The molecule has 2 rings (SSSR count). The first-order valence-electron chi connectivity index (χ1n) is 5.42. The van der Waals surface area contributed by atoms with Crippen LogP contribution in [0, 0.1) is 0 Å². The normalized spacial score (nSPS) is 16.1. The van der Waals surface area contributed by atoms with Crippen LogP contribution in [0.25, 0.3) is 0 Å². The third-order valence-electron chi connectivity index (χ3n) is 2.45. The van der Waals surface area contributed by atoms with Gasteiger partial charge in [0.25, 0.3) is 5.91 Å². The topological polar surface area (TPSA) is 103 Å². The van der Waals surface area contributed by atoms with Crippen molar-refractivity contribution in [3.63, 3.8) is 0 Å². The zero-order valence-electron chi connectivity index (χ0n) is 10.2. The van der Waals surface area contributed by atoms with Gasteiger partial charge in [0.15, 0.2) is 0 Å². The minimum Gasteiger partial charge on any atom is -0.288 e. The average molecular weight is 290 g/mol. The van der Waals surface area contributed by atoms with Gasteiger partial charge < -0.3 is 0 Å². The first kappa shape index (κ1) is 14.0. The number of H-pyrrole nitrogens is 1. The monoisotopic (exact) mass is 290 g/mol. The first-order chi connectivity index (χ1) is 9.27. The summed E-state index contributed by atoms with van der Waals surface area (Å²) in [5.74, 6) is -2.83. The summed E-state index contributed by atoms with van der Waals surface area (Å²) >= 11 is 0. The van der Waals surface area contributed by atoms with Gasteiger partial charge in [0.1, 0.15) is 5.71 Å². The molecular weight excluding hydrogens is 281 g/mol. The van der Waals surface area contributed by atoms with Crippen molar-refractivity contribution in [1.29, 1.82) is 0 Å². The van der Waals surface area contributed by atoms with Gasteiger partial charge >= 0.3 is 6.18 Å². The molecule has 0 radical (unpaired) electrons. The van der Waals surface area contributed by atoms with Crippen LogP contribution in [-0.4, -0.2) is 44.8 Å². The summed E-state index contributed by atoms with van der Waals surface area (Å²) in [4.78, 5) is 26.0. The standard InChI is InChI=1S/C9H9F3N6O2/c1-18-5(19)3-2-4(17-18)6(20)13-8-14-7(15-16-8)9(10,11)12/h2-3H2,1H3,(H2,13,14,15,16,20). The van der Waals surface area contributed by atoms with E-state index in [0.29, 0.717) is 0 Å². The number of halogens is 3. The number of amides is 2. The van der Waals surface area contributed by atoms with Crippen LogP contribution >= 0.6 is 0 Å². The van der Waals surface area contributed by atoms with Crippen LogP contribution in [0.5, 0.6) is 0 Å². The van der Waals surface area contributed by atoms with Crippen LogP contribution < -0.4 is 5.32 Å². The van der Waals surface area contributed by atoms with Crippen LogP contribution in [0.3, 0.4) is 0 Å². The quantitative estimate of drug-likeness (QED) is 0.821. The van der Waals surface area contributed by atoms with Crippen molar-refractivity contribution >= 4 is 23.5 Å². The van der Waals surface area contributed by atoms with Crippen LogP contribution in [-0.2, 0) is 15.8 Å². The van der Waals surface area contributed by atoms with E-state index in [0.717, 1.165) is 5.01 Å². The van der Waals surface area contributed by atoms with E-state index in [2.05, 4.69) is 20.5 Å². The number of hydrogen-bond donors (Lipinski definition) is 2. The Balaban J connectivity index is 2.07. The van der Waals surface area contributed by atoms with E-state index in [-0.39, 0.29) is 24.5 Å². The molecule has 0 fully saturated rings. The molecule has 1 aromatic heterocycles. The van der Waals surface area contributed by atoms with Gasteiger partial charge in [0, 0.05) is 19.9 Å². The fourth-order valence-corrected chi connectivity index (χ4v) is 1.45. The number of aromatic nitrogens is 3. The van der Waals surface area contributed by atoms with Crippen molar-refractivity contribution < 1.29 is 22.8 Å².